The Hall–Kier alpha value is -1.59. The van der Waals surface area contributed by atoms with Gasteiger partial charge in [0.15, 0.2) is 0 Å². The Labute approximate surface area is 170 Å². The molecule has 0 aliphatic rings. The molecule has 3 N–H and O–H groups in total. The van der Waals surface area contributed by atoms with Gasteiger partial charge in [0, 0.05) is 6.42 Å². The van der Waals surface area contributed by atoms with E-state index in [0.29, 0.717) is 6.42 Å². The van der Waals surface area contributed by atoms with Gasteiger partial charge in [-0.25, -0.2) is 0 Å². The highest BCUT2D eigenvalue weighted by Gasteiger charge is 2.17. The number of carbonyl (C=O) groups excluding carboxylic acids is 1. The second kappa shape index (κ2) is 15.3. The van der Waals surface area contributed by atoms with Crippen LogP contribution in [0.15, 0.2) is 24.3 Å². The monoisotopic (exact) mass is 393 g/mol. The van der Waals surface area contributed by atoms with Gasteiger partial charge in [0.1, 0.15) is 5.75 Å². The molecule has 2 atom stereocenters. The Morgan fingerprint density at radius 2 is 1.57 bits per heavy atom. The third-order valence-electron chi connectivity index (χ3n) is 5.10. The molecule has 0 aromatic heterocycles. The molecule has 1 amide bonds. The van der Waals surface area contributed by atoms with Crippen molar-refractivity contribution < 1.29 is 19.7 Å². The molecule has 0 saturated heterocycles. The van der Waals surface area contributed by atoms with Crippen LogP contribution in [0.2, 0.25) is 0 Å². The summed E-state index contributed by atoms with van der Waals surface area (Å²) in [4.78, 5) is 12.1. The fourth-order valence-electron chi connectivity index (χ4n) is 3.31. The number of benzene rings is 1. The topological polar surface area (TPSA) is 78.8 Å². The molecule has 0 saturated carbocycles. The summed E-state index contributed by atoms with van der Waals surface area (Å²) < 4.78 is 5.11. The summed E-state index contributed by atoms with van der Waals surface area (Å²) in [5, 5.41) is 22.7. The number of aliphatic hydroxyl groups excluding tert-OH is 2. The lowest BCUT2D eigenvalue weighted by Crippen LogP contribution is -2.38. The minimum absolute atomic E-state index is 0.0519. The van der Waals surface area contributed by atoms with Crippen LogP contribution < -0.4 is 10.1 Å². The van der Waals surface area contributed by atoms with Crippen LogP contribution in [0.3, 0.4) is 0 Å². The highest BCUT2D eigenvalue weighted by Crippen LogP contribution is 2.21. The van der Waals surface area contributed by atoms with Gasteiger partial charge in [-0.15, -0.1) is 0 Å². The Kier molecular flexibility index (Phi) is 13.4. The minimum atomic E-state index is -0.740. The van der Waals surface area contributed by atoms with E-state index in [1.165, 1.54) is 44.9 Å². The zero-order chi connectivity index (χ0) is 20.6. The lowest BCUT2D eigenvalue weighted by atomic mass is 10.0. The van der Waals surface area contributed by atoms with E-state index in [1.54, 1.807) is 31.4 Å². The maximum atomic E-state index is 12.1. The molecule has 0 aliphatic carbocycles. The largest absolute Gasteiger partial charge is 0.497 e. The van der Waals surface area contributed by atoms with Crippen LogP contribution in [0.4, 0.5) is 0 Å². The van der Waals surface area contributed by atoms with Crippen LogP contribution in [-0.2, 0) is 4.79 Å². The van der Waals surface area contributed by atoms with Gasteiger partial charge in [0.05, 0.1) is 25.9 Å². The van der Waals surface area contributed by atoms with Gasteiger partial charge in [-0.3, -0.25) is 4.79 Å². The molecule has 0 bridgehead atoms. The van der Waals surface area contributed by atoms with Gasteiger partial charge in [-0.1, -0.05) is 70.4 Å². The van der Waals surface area contributed by atoms with E-state index in [-0.39, 0.29) is 18.9 Å². The normalized spacial score (nSPS) is 13.1. The number of aliphatic hydroxyl groups is 2. The quantitative estimate of drug-likeness (QED) is 0.361. The molecule has 0 unspecified atom stereocenters. The molecule has 0 radical (unpaired) electrons. The molecule has 160 valence electrons. The predicted molar refractivity (Wildman–Crippen MR) is 113 cm³/mol. The van der Waals surface area contributed by atoms with Crippen molar-refractivity contribution in [2.45, 2.75) is 89.7 Å². The highest BCUT2D eigenvalue weighted by molar-refractivity contribution is 5.76. The highest BCUT2D eigenvalue weighted by atomic mass is 16.5. The first-order valence-electron chi connectivity index (χ1n) is 10.8. The first-order chi connectivity index (χ1) is 13.6. The van der Waals surface area contributed by atoms with Crippen molar-refractivity contribution in [2.24, 2.45) is 0 Å². The SMILES string of the molecule is CCCCCCCCCCCC(=O)N[C@@H](CO)C[C@@H](O)c1ccc(OC)cc1. The van der Waals surface area contributed by atoms with E-state index in [2.05, 4.69) is 12.2 Å². The molecule has 1 aromatic carbocycles. The molecule has 0 fully saturated rings. The summed E-state index contributed by atoms with van der Waals surface area (Å²) in [6.45, 7) is 2.04. The Morgan fingerprint density at radius 1 is 1.00 bits per heavy atom. The van der Waals surface area contributed by atoms with E-state index in [9.17, 15) is 15.0 Å². The van der Waals surface area contributed by atoms with Crippen molar-refractivity contribution in [3.63, 3.8) is 0 Å². The minimum Gasteiger partial charge on any atom is -0.497 e. The van der Waals surface area contributed by atoms with Crippen molar-refractivity contribution in [2.75, 3.05) is 13.7 Å². The standard InChI is InChI=1S/C23H39NO4/c1-3-4-5-6-7-8-9-10-11-12-23(27)24-20(18-25)17-22(26)19-13-15-21(28-2)16-14-19/h13-16,20,22,25-26H,3-12,17-18H2,1-2H3,(H,24,27)/t20-,22-/m1/s1. The molecular weight excluding hydrogens is 354 g/mol. The smallest absolute Gasteiger partial charge is 0.220 e. The van der Waals surface area contributed by atoms with Gasteiger partial charge < -0.3 is 20.3 Å². The number of methoxy groups -OCH3 is 1. The van der Waals surface area contributed by atoms with Gasteiger partial charge in [0.25, 0.3) is 0 Å². The number of rotatable bonds is 16. The zero-order valence-corrected chi connectivity index (χ0v) is 17.7. The summed E-state index contributed by atoms with van der Waals surface area (Å²) >= 11 is 0. The summed E-state index contributed by atoms with van der Waals surface area (Å²) in [5.41, 5.74) is 0.743. The first-order valence-corrected chi connectivity index (χ1v) is 10.8. The van der Waals surface area contributed by atoms with Crippen molar-refractivity contribution in [3.05, 3.63) is 29.8 Å². The molecule has 0 heterocycles. The van der Waals surface area contributed by atoms with Gasteiger partial charge >= 0.3 is 0 Å². The van der Waals surface area contributed by atoms with Gasteiger partial charge in [0.2, 0.25) is 5.91 Å². The van der Waals surface area contributed by atoms with Crippen molar-refractivity contribution in [1.82, 2.24) is 5.32 Å². The number of amides is 1. The van der Waals surface area contributed by atoms with Crippen molar-refractivity contribution in [1.29, 1.82) is 0 Å². The van der Waals surface area contributed by atoms with Crippen LogP contribution in [0, 0.1) is 0 Å². The second-order valence-corrected chi connectivity index (χ2v) is 7.55. The number of unbranched alkanes of at least 4 members (excludes halogenated alkanes) is 8. The van der Waals surface area contributed by atoms with Gasteiger partial charge in [-0.2, -0.15) is 0 Å². The molecule has 5 heteroatoms. The van der Waals surface area contributed by atoms with Crippen LogP contribution in [0.25, 0.3) is 0 Å². The third-order valence-corrected chi connectivity index (χ3v) is 5.10. The van der Waals surface area contributed by atoms with Crippen LogP contribution in [0.5, 0.6) is 5.75 Å². The van der Waals surface area contributed by atoms with E-state index in [4.69, 9.17) is 4.74 Å². The Morgan fingerprint density at radius 3 is 2.11 bits per heavy atom. The Bertz CT molecular complexity index is 518. The van der Waals surface area contributed by atoms with Crippen LogP contribution in [0.1, 0.15) is 89.2 Å². The molecule has 28 heavy (non-hydrogen) atoms. The number of carbonyl (C=O) groups is 1. The number of nitrogens with one attached hydrogen (secondary N) is 1. The average molecular weight is 394 g/mol. The lowest BCUT2D eigenvalue weighted by molar-refractivity contribution is -0.122. The second-order valence-electron chi connectivity index (χ2n) is 7.55. The summed E-state index contributed by atoms with van der Waals surface area (Å²) in [7, 11) is 1.59. The van der Waals surface area contributed by atoms with Crippen LogP contribution in [-0.4, -0.2) is 35.9 Å². The summed E-state index contributed by atoms with van der Waals surface area (Å²) in [6.07, 6.45) is 11.0. The predicted octanol–water partition coefficient (Wildman–Crippen LogP) is 4.52. The molecule has 1 rings (SSSR count). The van der Waals surface area contributed by atoms with E-state index in [0.717, 1.165) is 24.2 Å². The summed E-state index contributed by atoms with van der Waals surface area (Å²) in [6, 6.07) is 6.72. The lowest BCUT2D eigenvalue weighted by Gasteiger charge is -2.20. The number of hydrogen-bond acceptors (Lipinski definition) is 4. The van der Waals surface area contributed by atoms with E-state index < -0.39 is 12.1 Å². The Balaban J connectivity index is 2.19. The molecule has 0 spiro atoms. The molecular formula is C23H39NO4. The molecule has 0 aliphatic heterocycles. The first kappa shape index (κ1) is 24.4. The van der Waals surface area contributed by atoms with E-state index in [1.807, 2.05) is 0 Å². The fourth-order valence-corrected chi connectivity index (χ4v) is 3.31. The van der Waals surface area contributed by atoms with Gasteiger partial charge in [-0.05, 0) is 30.5 Å². The maximum absolute atomic E-state index is 12.1. The maximum Gasteiger partial charge on any atom is 0.220 e. The number of hydrogen-bond donors (Lipinski definition) is 3. The van der Waals surface area contributed by atoms with Crippen LogP contribution >= 0.6 is 0 Å². The van der Waals surface area contributed by atoms with E-state index >= 15 is 0 Å². The summed E-state index contributed by atoms with van der Waals surface area (Å²) in [5.74, 6) is 0.674. The van der Waals surface area contributed by atoms with Crippen molar-refractivity contribution in [3.8, 4) is 5.75 Å². The van der Waals surface area contributed by atoms with Crippen molar-refractivity contribution >= 4 is 5.91 Å². The number of ether oxygens (including phenoxy) is 1. The zero-order valence-electron chi connectivity index (χ0n) is 17.7. The molecule has 5 nitrogen and oxygen atoms in total. The molecule has 1 aromatic rings. The third kappa shape index (κ3) is 10.7. The average Bonchev–Trinajstić information content (AvgIpc) is 2.72. The fraction of sp³-hybridized carbons (Fsp3) is 0.696.